The number of ketones is 1. The van der Waals surface area contributed by atoms with Crippen LogP contribution in [0.2, 0.25) is 0 Å². The van der Waals surface area contributed by atoms with Gasteiger partial charge in [0.1, 0.15) is 4.91 Å². The van der Waals surface area contributed by atoms with Crippen LogP contribution in [-0.2, 0) is 20.9 Å². The Labute approximate surface area is 190 Å². The van der Waals surface area contributed by atoms with Crippen LogP contribution >= 0.6 is 23.5 Å². The van der Waals surface area contributed by atoms with Gasteiger partial charge in [-0.3, -0.25) is 4.79 Å². The maximum Gasteiger partial charge on any atom is 0.346 e. The lowest BCUT2D eigenvalue weighted by molar-refractivity contribution is -0.135. The van der Waals surface area contributed by atoms with Crippen LogP contribution in [0.3, 0.4) is 0 Å². The molecule has 160 valence electrons. The molecule has 0 amide bonds. The predicted molar refractivity (Wildman–Crippen MR) is 126 cm³/mol. The number of benzene rings is 2. The molecule has 1 unspecified atom stereocenters. The highest BCUT2D eigenvalue weighted by Gasteiger charge is 2.57. The van der Waals surface area contributed by atoms with Crippen molar-refractivity contribution in [1.29, 1.82) is 0 Å². The number of carbonyl (C=O) groups is 2. The molecule has 0 N–H and O–H groups in total. The average molecular weight is 454 g/mol. The van der Waals surface area contributed by atoms with Crippen LogP contribution in [-0.4, -0.2) is 33.1 Å². The van der Waals surface area contributed by atoms with E-state index in [4.69, 9.17) is 9.84 Å². The summed E-state index contributed by atoms with van der Waals surface area (Å²) in [6, 6.07) is 18.0. The number of nitrogens with zero attached hydrogens (tertiary/aromatic N) is 3. The van der Waals surface area contributed by atoms with Gasteiger partial charge in [0.25, 0.3) is 0 Å². The number of thioether (sulfide) groups is 2. The molecular formula is C23H23N3O3S2. The first-order valence-corrected chi connectivity index (χ1v) is 11.4. The minimum absolute atomic E-state index is 0.108. The lowest BCUT2D eigenvalue weighted by atomic mass is 10.2. The number of allylic oxidation sites excluding steroid dienone is 1. The van der Waals surface area contributed by atoms with E-state index in [0.29, 0.717) is 16.5 Å². The third-order valence-corrected chi connectivity index (χ3v) is 8.18. The van der Waals surface area contributed by atoms with E-state index in [2.05, 4.69) is 4.90 Å². The van der Waals surface area contributed by atoms with E-state index < -0.39 is 10.3 Å². The van der Waals surface area contributed by atoms with Gasteiger partial charge < -0.3 is 9.64 Å². The molecule has 1 atom stereocenters. The Balaban J connectivity index is 1.84. The molecule has 0 aromatic heterocycles. The third-order valence-electron chi connectivity index (χ3n) is 5.13. The summed E-state index contributed by atoms with van der Waals surface area (Å²) in [5, 5.41) is 6.95. The molecule has 2 aliphatic rings. The normalized spacial score (nSPS) is 20.5. The summed E-state index contributed by atoms with van der Waals surface area (Å²) in [5.41, 5.74) is 3.86. The molecule has 0 saturated heterocycles. The summed E-state index contributed by atoms with van der Waals surface area (Å²) in [5.74, 6) is -0.499. The highest BCUT2D eigenvalue weighted by atomic mass is 32.2. The minimum atomic E-state index is -0.848. The van der Waals surface area contributed by atoms with Crippen molar-refractivity contribution in [3.8, 4) is 0 Å². The van der Waals surface area contributed by atoms with Crippen molar-refractivity contribution in [1.82, 2.24) is 4.90 Å². The third kappa shape index (κ3) is 3.85. The smallest absolute Gasteiger partial charge is 0.346 e. The number of hydrazone groups is 1. The second-order valence-electron chi connectivity index (χ2n) is 7.34. The molecule has 2 aliphatic heterocycles. The van der Waals surface area contributed by atoms with Gasteiger partial charge in [0.2, 0.25) is 4.33 Å². The summed E-state index contributed by atoms with van der Waals surface area (Å²) in [6.45, 7) is 6.00. The molecule has 0 saturated carbocycles. The second kappa shape index (κ2) is 8.43. The number of hydrogen-bond donors (Lipinski definition) is 0. The van der Waals surface area contributed by atoms with Crippen molar-refractivity contribution in [2.45, 2.75) is 31.6 Å². The van der Waals surface area contributed by atoms with Crippen molar-refractivity contribution in [2.75, 3.05) is 12.1 Å². The van der Waals surface area contributed by atoms with E-state index in [9.17, 15) is 9.59 Å². The van der Waals surface area contributed by atoms with E-state index in [0.717, 1.165) is 22.5 Å². The van der Waals surface area contributed by atoms with Gasteiger partial charge >= 0.3 is 5.97 Å². The molecule has 2 aromatic rings. The Morgan fingerprint density at radius 1 is 1.03 bits per heavy atom. The van der Waals surface area contributed by atoms with Crippen molar-refractivity contribution >= 4 is 46.0 Å². The van der Waals surface area contributed by atoms with Crippen molar-refractivity contribution < 1.29 is 14.3 Å². The SMILES string of the molecule is COC(=O)C1=C(C)N(Cc2ccccc2)C2(SC(C(C)=O)=NN2c2ccc(C)cc2)S1. The highest BCUT2D eigenvalue weighted by Crippen LogP contribution is 2.59. The van der Waals surface area contributed by atoms with Crippen LogP contribution in [0.1, 0.15) is 25.0 Å². The Morgan fingerprint density at radius 2 is 1.71 bits per heavy atom. The summed E-state index contributed by atoms with van der Waals surface area (Å²) in [7, 11) is 1.38. The second-order valence-corrected chi connectivity index (χ2v) is 9.94. The van der Waals surface area contributed by atoms with E-state index in [1.807, 2.05) is 73.5 Å². The summed E-state index contributed by atoms with van der Waals surface area (Å²) in [4.78, 5) is 27.6. The van der Waals surface area contributed by atoms with Gasteiger partial charge in [0.05, 0.1) is 12.8 Å². The molecular weight excluding hydrogens is 430 g/mol. The fourth-order valence-corrected chi connectivity index (χ4v) is 6.44. The molecule has 6 nitrogen and oxygen atoms in total. The zero-order valence-corrected chi connectivity index (χ0v) is 19.4. The van der Waals surface area contributed by atoms with Crippen molar-refractivity contribution in [3.05, 3.63) is 76.3 Å². The number of aryl methyl sites for hydroxylation is 1. The molecule has 0 radical (unpaired) electrons. The van der Waals surface area contributed by atoms with Crippen LogP contribution in [0.25, 0.3) is 0 Å². The van der Waals surface area contributed by atoms with Gasteiger partial charge in [0, 0.05) is 19.2 Å². The largest absolute Gasteiger partial charge is 0.465 e. The van der Waals surface area contributed by atoms with Crippen LogP contribution < -0.4 is 5.01 Å². The Morgan fingerprint density at radius 3 is 2.32 bits per heavy atom. The molecule has 2 heterocycles. The highest BCUT2D eigenvalue weighted by molar-refractivity contribution is 8.28. The zero-order valence-electron chi connectivity index (χ0n) is 17.8. The van der Waals surface area contributed by atoms with E-state index in [1.165, 1.54) is 37.6 Å². The summed E-state index contributed by atoms with van der Waals surface area (Å²) >= 11 is 2.73. The lowest BCUT2D eigenvalue weighted by Crippen LogP contribution is -2.48. The first-order valence-electron chi connectivity index (χ1n) is 9.81. The number of hydrogen-bond acceptors (Lipinski definition) is 8. The Bertz CT molecular complexity index is 1080. The Hall–Kier alpha value is -2.71. The van der Waals surface area contributed by atoms with Crippen LogP contribution in [0.15, 0.2) is 70.3 Å². The first kappa shape index (κ1) is 21.5. The average Bonchev–Trinajstić information content (AvgIpc) is 3.28. The van der Waals surface area contributed by atoms with Crippen LogP contribution in [0, 0.1) is 6.92 Å². The molecule has 8 heteroatoms. The van der Waals surface area contributed by atoms with E-state index >= 15 is 0 Å². The Kier molecular flexibility index (Phi) is 5.85. The summed E-state index contributed by atoms with van der Waals surface area (Å²) in [6.07, 6.45) is 0. The van der Waals surface area contributed by atoms with E-state index in [1.54, 1.807) is 0 Å². The number of ether oxygens (including phenoxy) is 1. The van der Waals surface area contributed by atoms with Gasteiger partial charge in [-0.2, -0.15) is 5.10 Å². The quantitative estimate of drug-likeness (QED) is 0.607. The standard InChI is InChI=1S/C23H23N3O3S2/c1-15-10-12-19(13-11-15)26-23(31-21(24-26)17(3)27)25(14-18-8-6-5-7-9-18)16(2)20(30-23)22(28)29-4/h5-13H,14H2,1-4H3. The number of carbonyl (C=O) groups excluding carboxylic acids is 2. The predicted octanol–water partition coefficient (Wildman–Crippen LogP) is 4.72. The maximum atomic E-state index is 12.6. The topological polar surface area (TPSA) is 62.2 Å². The van der Waals surface area contributed by atoms with E-state index in [-0.39, 0.29) is 5.78 Å². The van der Waals surface area contributed by atoms with Gasteiger partial charge in [-0.05, 0) is 43.3 Å². The minimum Gasteiger partial charge on any atom is -0.465 e. The number of methoxy groups -OCH3 is 1. The molecule has 31 heavy (non-hydrogen) atoms. The molecule has 4 rings (SSSR count). The summed E-state index contributed by atoms with van der Waals surface area (Å²) < 4.78 is 4.21. The maximum absolute atomic E-state index is 12.6. The van der Waals surface area contributed by atoms with Gasteiger partial charge in [0.15, 0.2) is 10.8 Å². The lowest BCUT2D eigenvalue weighted by Gasteiger charge is -2.41. The first-order chi connectivity index (χ1) is 14.9. The van der Waals surface area contributed by atoms with Gasteiger partial charge in [-0.15, -0.1) is 0 Å². The molecule has 0 aliphatic carbocycles. The fraction of sp³-hybridized carbons (Fsp3) is 0.261. The molecule has 1 spiro atoms. The van der Waals surface area contributed by atoms with Crippen LogP contribution in [0.5, 0.6) is 0 Å². The van der Waals surface area contributed by atoms with Gasteiger partial charge in [-0.25, -0.2) is 9.80 Å². The molecule has 0 fully saturated rings. The number of anilines is 1. The zero-order chi connectivity index (χ0) is 22.2. The monoisotopic (exact) mass is 453 g/mol. The van der Waals surface area contributed by atoms with Gasteiger partial charge in [-0.1, -0.05) is 59.8 Å². The number of esters is 1. The fourth-order valence-electron chi connectivity index (χ4n) is 3.49. The molecule has 2 aromatic carbocycles. The van der Waals surface area contributed by atoms with Crippen LogP contribution in [0.4, 0.5) is 5.69 Å². The molecule has 0 bridgehead atoms. The number of Topliss-reactive ketones (excluding diaryl/α,β-unsaturated/α-hetero) is 1. The van der Waals surface area contributed by atoms with Crippen molar-refractivity contribution in [3.63, 3.8) is 0 Å². The number of rotatable bonds is 5. The van der Waals surface area contributed by atoms with Crippen molar-refractivity contribution in [2.24, 2.45) is 5.10 Å².